The molecule has 5 heteroatoms. The molecule has 0 atom stereocenters. The van der Waals surface area contributed by atoms with Gasteiger partial charge in [-0.3, -0.25) is 4.99 Å². The van der Waals surface area contributed by atoms with E-state index >= 15 is 0 Å². The van der Waals surface area contributed by atoms with Gasteiger partial charge in [0.05, 0.1) is 0 Å². The number of rotatable bonds is 6. The predicted molar refractivity (Wildman–Crippen MR) is 83.6 cm³/mol. The van der Waals surface area contributed by atoms with Crippen molar-refractivity contribution in [2.24, 2.45) is 4.99 Å². The summed E-state index contributed by atoms with van der Waals surface area (Å²) in [6.45, 7) is 4.49. The molecule has 0 saturated carbocycles. The Kier molecular flexibility index (Phi) is 7.52. The number of halogens is 1. The van der Waals surface area contributed by atoms with Gasteiger partial charge >= 0.3 is 0 Å². The Hall–Kier alpha value is -1.07. The Morgan fingerprint density at radius 2 is 2.16 bits per heavy atom. The minimum absolute atomic E-state index is 0.760. The molecule has 0 unspecified atom stereocenters. The number of nitrogens with zero attached hydrogens (tertiary/aromatic N) is 1. The van der Waals surface area contributed by atoms with Gasteiger partial charge in [0.2, 0.25) is 0 Å². The number of guanidine groups is 1. The number of nitrogens with one attached hydrogen (secondary N) is 2. The molecule has 0 aromatic heterocycles. The average molecular weight is 328 g/mol. The molecule has 19 heavy (non-hydrogen) atoms. The summed E-state index contributed by atoms with van der Waals surface area (Å²) < 4.78 is 6.12. The van der Waals surface area contributed by atoms with Crippen molar-refractivity contribution in [1.82, 2.24) is 10.6 Å². The monoisotopic (exact) mass is 327 g/mol. The van der Waals surface area contributed by atoms with Crippen molar-refractivity contribution in [2.45, 2.75) is 19.9 Å². The molecular weight excluding hydrogens is 306 g/mol. The molecule has 1 aromatic rings. The summed E-state index contributed by atoms with van der Waals surface area (Å²) >= 11 is 3.47. The molecule has 0 aliphatic heterocycles. The fourth-order valence-electron chi connectivity index (χ4n) is 1.68. The zero-order chi connectivity index (χ0) is 14.1. The maximum absolute atomic E-state index is 5.01. The van der Waals surface area contributed by atoms with Crippen LogP contribution in [0.5, 0.6) is 0 Å². The topological polar surface area (TPSA) is 45.7 Å². The number of methoxy groups -OCH3 is 1. The smallest absolute Gasteiger partial charge is 0.191 e. The first-order chi connectivity index (χ1) is 9.17. The van der Waals surface area contributed by atoms with Crippen LogP contribution in [0, 0.1) is 6.92 Å². The zero-order valence-electron chi connectivity index (χ0n) is 11.8. The molecule has 2 N–H and O–H groups in total. The highest BCUT2D eigenvalue weighted by Gasteiger charge is 2.01. The first-order valence-electron chi connectivity index (χ1n) is 6.36. The normalized spacial score (nSPS) is 11.5. The fourth-order valence-corrected chi connectivity index (χ4v) is 2.16. The van der Waals surface area contributed by atoms with E-state index in [1.165, 1.54) is 11.1 Å². The Morgan fingerprint density at radius 1 is 1.37 bits per heavy atom. The Balaban J connectivity index is 2.40. The van der Waals surface area contributed by atoms with Crippen LogP contribution in [-0.2, 0) is 11.3 Å². The van der Waals surface area contributed by atoms with Crippen LogP contribution >= 0.6 is 15.9 Å². The van der Waals surface area contributed by atoms with Crippen LogP contribution in [0.2, 0.25) is 0 Å². The van der Waals surface area contributed by atoms with E-state index in [0.29, 0.717) is 0 Å². The number of hydrogen-bond acceptors (Lipinski definition) is 2. The summed E-state index contributed by atoms with van der Waals surface area (Å²) in [7, 11) is 3.49. The molecule has 0 radical (unpaired) electrons. The van der Waals surface area contributed by atoms with E-state index in [1.807, 2.05) is 0 Å². The van der Waals surface area contributed by atoms with Gasteiger partial charge in [-0.1, -0.05) is 22.0 Å². The number of aryl methyl sites for hydroxylation is 1. The van der Waals surface area contributed by atoms with Crippen LogP contribution in [0.1, 0.15) is 17.5 Å². The predicted octanol–water partition coefficient (Wildman–Crippen LogP) is 2.46. The quantitative estimate of drug-likeness (QED) is 0.479. The van der Waals surface area contributed by atoms with Crippen LogP contribution in [0.15, 0.2) is 27.7 Å². The highest BCUT2D eigenvalue weighted by atomic mass is 79.9. The van der Waals surface area contributed by atoms with Crippen LogP contribution in [0.4, 0.5) is 0 Å². The molecule has 106 valence electrons. The lowest BCUT2D eigenvalue weighted by molar-refractivity contribution is 0.195. The second-order valence-corrected chi connectivity index (χ2v) is 5.19. The number of benzene rings is 1. The lowest BCUT2D eigenvalue weighted by Crippen LogP contribution is -2.37. The van der Waals surface area contributed by atoms with Crippen molar-refractivity contribution in [3.63, 3.8) is 0 Å². The first-order valence-corrected chi connectivity index (χ1v) is 7.15. The fraction of sp³-hybridized carbons (Fsp3) is 0.500. The second-order valence-electron chi connectivity index (χ2n) is 4.27. The summed E-state index contributed by atoms with van der Waals surface area (Å²) in [5, 5.41) is 6.56. The largest absolute Gasteiger partial charge is 0.385 e. The molecule has 0 heterocycles. The van der Waals surface area contributed by atoms with E-state index in [0.717, 1.165) is 36.5 Å². The summed E-state index contributed by atoms with van der Waals surface area (Å²) in [6.07, 6.45) is 0.967. The maximum atomic E-state index is 5.01. The molecule has 0 bridgehead atoms. The summed E-state index contributed by atoms with van der Waals surface area (Å²) in [4.78, 5) is 4.19. The van der Waals surface area contributed by atoms with Crippen molar-refractivity contribution >= 4 is 21.9 Å². The highest BCUT2D eigenvalue weighted by molar-refractivity contribution is 9.10. The lowest BCUT2D eigenvalue weighted by atomic mass is 10.1. The molecule has 0 aliphatic rings. The number of ether oxygens (including phenoxy) is 1. The third kappa shape index (κ3) is 6.07. The molecule has 4 nitrogen and oxygen atoms in total. The van der Waals surface area contributed by atoms with Gasteiger partial charge < -0.3 is 15.4 Å². The van der Waals surface area contributed by atoms with Crippen molar-refractivity contribution in [3.8, 4) is 0 Å². The number of aliphatic imine (C=N–C) groups is 1. The lowest BCUT2D eigenvalue weighted by Gasteiger charge is -2.13. The van der Waals surface area contributed by atoms with Gasteiger partial charge in [0.25, 0.3) is 0 Å². The van der Waals surface area contributed by atoms with Crippen molar-refractivity contribution in [3.05, 3.63) is 33.8 Å². The molecule has 0 fully saturated rings. The zero-order valence-corrected chi connectivity index (χ0v) is 13.4. The van der Waals surface area contributed by atoms with Gasteiger partial charge in [-0.2, -0.15) is 0 Å². The van der Waals surface area contributed by atoms with Gasteiger partial charge in [0.15, 0.2) is 5.96 Å². The molecule has 1 rings (SSSR count). The molecule has 0 saturated heterocycles. The molecule has 0 aliphatic carbocycles. The standard InChI is InChI=1S/C14H22BrN3O/c1-11-9-13(15)6-5-12(11)10-18-14(16-2)17-7-4-8-19-3/h5-6,9H,4,7-8,10H2,1-3H3,(H2,16,17,18). The number of hydrogen-bond donors (Lipinski definition) is 2. The summed E-state index contributed by atoms with van der Waals surface area (Å²) in [5.74, 6) is 0.818. The van der Waals surface area contributed by atoms with Gasteiger partial charge in [0.1, 0.15) is 0 Å². The van der Waals surface area contributed by atoms with E-state index < -0.39 is 0 Å². The van der Waals surface area contributed by atoms with E-state index in [1.54, 1.807) is 14.2 Å². The second kappa shape index (κ2) is 8.93. The van der Waals surface area contributed by atoms with E-state index in [-0.39, 0.29) is 0 Å². The van der Waals surface area contributed by atoms with Crippen LogP contribution in [0.3, 0.4) is 0 Å². The van der Waals surface area contributed by atoms with Crippen molar-refractivity contribution in [1.29, 1.82) is 0 Å². The molecule has 0 amide bonds. The summed E-state index contributed by atoms with van der Waals surface area (Å²) in [6, 6.07) is 6.29. The minimum atomic E-state index is 0.760. The maximum Gasteiger partial charge on any atom is 0.191 e. The Morgan fingerprint density at radius 3 is 2.79 bits per heavy atom. The minimum Gasteiger partial charge on any atom is -0.385 e. The first kappa shape index (κ1) is 16.0. The Labute approximate surface area is 123 Å². The van der Waals surface area contributed by atoms with Crippen LogP contribution in [0.25, 0.3) is 0 Å². The Bertz CT molecular complexity index is 421. The van der Waals surface area contributed by atoms with E-state index in [2.05, 4.69) is 56.7 Å². The van der Waals surface area contributed by atoms with Gasteiger partial charge in [-0.15, -0.1) is 0 Å². The van der Waals surface area contributed by atoms with Crippen LogP contribution < -0.4 is 10.6 Å². The molecule has 0 spiro atoms. The van der Waals surface area contributed by atoms with Gasteiger partial charge in [-0.25, -0.2) is 0 Å². The highest BCUT2D eigenvalue weighted by Crippen LogP contribution is 2.15. The average Bonchev–Trinajstić information content (AvgIpc) is 2.40. The van der Waals surface area contributed by atoms with Crippen LogP contribution in [-0.4, -0.2) is 33.3 Å². The third-order valence-electron chi connectivity index (χ3n) is 2.79. The van der Waals surface area contributed by atoms with E-state index in [9.17, 15) is 0 Å². The van der Waals surface area contributed by atoms with Crippen molar-refractivity contribution in [2.75, 3.05) is 27.3 Å². The van der Waals surface area contributed by atoms with Crippen molar-refractivity contribution < 1.29 is 4.74 Å². The SMILES string of the molecule is CN=C(NCCCOC)NCc1ccc(Br)cc1C. The molecular formula is C14H22BrN3O. The van der Waals surface area contributed by atoms with Gasteiger partial charge in [-0.05, 0) is 36.6 Å². The summed E-state index contributed by atoms with van der Waals surface area (Å²) in [5.41, 5.74) is 2.53. The molecule has 1 aromatic carbocycles. The van der Waals surface area contributed by atoms with E-state index in [4.69, 9.17) is 4.74 Å². The van der Waals surface area contributed by atoms with Gasteiger partial charge in [0, 0.05) is 38.3 Å². The third-order valence-corrected chi connectivity index (χ3v) is 3.29.